The first-order chi connectivity index (χ1) is 8.16. The number of benzene rings is 1. The molecule has 0 fully saturated rings. The standard InChI is InChI=1S/C14H21NS2/c1-4-5-11-17-14(16)15(12(2)3)13-9-7-6-8-10-13/h6-10,12H,4-5,11H2,1-3H3. The number of hydrogen-bond acceptors (Lipinski definition) is 2. The Balaban J connectivity index is 2.70. The number of unbranched alkanes of at least 4 members (excludes halogenated alkanes) is 1. The van der Waals surface area contributed by atoms with E-state index in [1.165, 1.54) is 18.5 Å². The van der Waals surface area contributed by atoms with Crippen molar-refractivity contribution >= 4 is 34.0 Å². The molecule has 0 N–H and O–H groups in total. The zero-order valence-electron chi connectivity index (χ0n) is 10.8. The molecule has 0 radical (unpaired) electrons. The van der Waals surface area contributed by atoms with Crippen LogP contribution < -0.4 is 4.90 Å². The molecule has 0 atom stereocenters. The van der Waals surface area contributed by atoms with Gasteiger partial charge in [0.2, 0.25) is 0 Å². The van der Waals surface area contributed by atoms with Crippen LogP contribution in [0.5, 0.6) is 0 Å². The minimum atomic E-state index is 0.402. The van der Waals surface area contributed by atoms with Crippen LogP contribution in [0.1, 0.15) is 33.6 Å². The van der Waals surface area contributed by atoms with E-state index in [0.29, 0.717) is 6.04 Å². The first-order valence-electron chi connectivity index (χ1n) is 6.17. The van der Waals surface area contributed by atoms with Crippen LogP contribution in [-0.2, 0) is 0 Å². The molecule has 1 aromatic carbocycles. The van der Waals surface area contributed by atoms with Gasteiger partial charge in [-0.15, -0.1) is 0 Å². The Kier molecular flexibility index (Phi) is 6.60. The summed E-state index contributed by atoms with van der Waals surface area (Å²) in [6, 6.07) is 10.8. The van der Waals surface area contributed by atoms with Crippen LogP contribution in [0.25, 0.3) is 0 Å². The van der Waals surface area contributed by atoms with Crippen molar-refractivity contribution in [2.75, 3.05) is 10.7 Å². The molecule has 0 bridgehead atoms. The second-order valence-electron chi connectivity index (χ2n) is 4.27. The van der Waals surface area contributed by atoms with E-state index in [0.717, 1.165) is 10.1 Å². The van der Waals surface area contributed by atoms with Gasteiger partial charge >= 0.3 is 0 Å². The second kappa shape index (κ2) is 7.72. The number of anilines is 1. The van der Waals surface area contributed by atoms with Gasteiger partial charge in [-0.05, 0) is 32.4 Å². The van der Waals surface area contributed by atoms with Gasteiger partial charge in [-0.2, -0.15) is 0 Å². The van der Waals surface area contributed by atoms with Crippen LogP contribution in [0.2, 0.25) is 0 Å². The average Bonchev–Trinajstić information content (AvgIpc) is 2.30. The molecule has 1 rings (SSSR count). The lowest BCUT2D eigenvalue weighted by Gasteiger charge is -2.28. The molecule has 1 aromatic rings. The van der Waals surface area contributed by atoms with Gasteiger partial charge in [0.1, 0.15) is 4.32 Å². The number of para-hydroxylation sites is 1. The zero-order valence-corrected chi connectivity index (χ0v) is 12.5. The summed E-state index contributed by atoms with van der Waals surface area (Å²) in [6.07, 6.45) is 2.45. The molecule has 0 aliphatic rings. The fourth-order valence-corrected chi connectivity index (χ4v) is 3.21. The van der Waals surface area contributed by atoms with E-state index in [1.807, 2.05) is 6.07 Å². The van der Waals surface area contributed by atoms with Crippen molar-refractivity contribution in [1.29, 1.82) is 0 Å². The molecule has 1 nitrogen and oxygen atoms in total. The van der Waals surface area contributed by atoms with Crippen molar-refractivity contribution in [2.24, 2.45) is 0 Å². The van der Waals surface area contributed by atoms with Crippen LogP contribution >= 0.6 is 24.0 Å². The number of hydrogen-bond donors (Lipinski definition) is 0. The van der Waals surface area contributed by atoms with Gasteiger partial charge in [0, 0.05) is 17.5 Å². The van der Waals surface area contributed by atoms with E-state index in [4.69, 9.17) is 12.2 Å². The lowest BCUT2D eigenvalue weighted by Crippen LogP contribution is -2.34. The Morgan fingerprint density at radius 3 is 2.47 bits per heavy atom. The normalized spacial score (nSPS) is 10.6. The third-order valence-electron chi connectivity index (χ3n) is 2.47. The predicted octanol–water partition coefficient (Wildman–Crippen LogP) is 4.72. The highest BCUT2D eigenvalue weighted by Crippen LogP contribution is 2.22. The van der Waals surface area contributed by atoms with Crippen molar-refractivity contribution in [2.45, 2.75) is 39.7 Å². The van der Waals surface area contributed by atoms with Gasteiger partial charge in [0.05, 0.1) is 0 Å². The minimum Gasteiger partial charge on any atom is -0.325 e. The Labute approximate surface area is 115 Å². The highest BCUT2D eigenvalue weighted by Gasteiger charge is 2.15. The maximum atomic E-state index is 5.54. The largest absolute Gasteiger partial charge is 0.325 e. The molecular weight excluding hydrogens is 246 g/mol. The first kappa shape index (κ1) is 14.5. The second-order valence-corrected chi connectivity index (χ2v) is 6.00. The smallest absolute Gasteiger partial charge is 0.141 e. The average molecular weight is 267 g/mol. The van der Waals surface area contributed by atoms with Gasteiger partial charge in [0.15, 0.2) is 0 Å². The molecule has 0 heterocycles. The molecule has 17 heavy (non-hydrogen) atoms. The van der Waals surface area contributed by atoms with Crippen LogP contribution in [-0.4, -0.2) is 16.1 Å². The molecule has 0 aliphatic heterocycles. The SMILES string of the molecule is CCCCSC(=S)N(c1ccccc1)C(C)C. The molecular formula is C14H21NS2. The molecule has 0 saturated carbocycles. The Morgan fingerprint density at radius 2 is 1.94 bits per heavy atom. The maximum absolute atomic E-state index is 5.54. The van der Waals surface area contributed by atoms with Gasteiger partial charge in [-0.3, -0.25) is 0 Å². The molecule has 0 spiro atoms. The van der Waals surface area contributed by atoms with Gasteiger partial charge in [-0.1, -0.05) is 55.5 Å². The summed E-state index contributed by atoms with van der Waals surface area (Å²) in [7, 11) is 0. The van der Waals surface area contributed by atoms with Crippen LogP contribution in [0.4, 0.5) is 5.69 Å². The van der Waals surface area contributed by atoms with E-state index in [1.54, 1.807) is 11.8 Å². The van der Waals surface area contributed by atoms with Crippen molar-refractivity contribution in [3.05, 3.63) is 30.3 Å². The molecule has 0 aliphatic carbocycles. The predicted molar refractivity (Wildman–Crippen MR) is 84.0 cm³/mol. The molecule has 0 saturated heterocycles. The third-order valence-corrected chi connectivity index (χ3v) is 3.96. The van der Waals surface area contributed by atoms with Crippen molar-refractivity contribution in [1.82, 2.24) is 0 Å². The highest BCUT2D eigenvalue weighted by molar-refractivity contribution is 8.23. The summed E-state index contributed by atoms with van der Waals surface area (Å²) in [5.74, 6) is 1.12. The quantitative estimate of drug-likeness (QED) is 0.561. The van der Waals surface area contributed by atoms with E-state index in [-0.39, 0.29) is 0 Å². The fourth-order valence-electron chi connectivity index (χ4n) is 1.58. The number of thioether (sulfide) groups is 1. The van der Waals surface area contributed by atoms with E-state index < -0.39 is 0 Å². The van der Waals surface area contributed by atoms with Gasteiger partial charge in [-0.25, -0.2) is 0 Å². The minimum absolute atomic E-state index is 0.402. The van der Waals surface area contributed by atoms with Crippen molar-refractivity contribution in [3.63, 3.8) is 0 Å². The summed E-state index contributed by atoms with van der Waals surface area (Å²) in [5, 5.41) is 0. The monoisotopic (exact) mass is 267 g/mol. The third kappa shape index (κ3) is 4.68. The fraction of sp³-hybridized carbons (Fsp3) is 0.500. The summed E-state index contributed by atoms with van der Waals surface area (Å²) < 4.78 is 0.986. The van der Waals surface area contributed by atoms with Gasteiger partial charge in [0.25, 0.3) is 0 Å². The van der Waals surface area contributed by atoms with Crippen molar-refractivity contribution < 1.29 is 0 Å². The molecule has 0 aromatic heterocycles. The molecule has 0 amide bonds. The summed E-state index contributed by atoms with van der Waals surface area (Å²) >= 11 is 7.33. The van der Waals surface area contributed by atoms with Crippen LogP contribution in [0.15, 0.2) is 30.3 Å². The first-order valence-corrected chi connectivity index (χ1v) is 7.57. The summed E-state index contributed by atoms with van der Waals surface area (Å²) in [4.78, 5) is 2.23. The molecule has 94 valence electrons. The number of nitrogens with zero attached hydrogens (tertiary/aromatic N) is 1. The number of rotatable bonds is 5. The van der Waals surface area contributed by atoms with Crippen LogP contribution in [0.3, 0.4) is 0 Å². The van der Waals surface area contributed by atoms with Gasteiger partial charge < -0.3 is 4.90 Å². The van der Waals surface area contributed by atoms with Crippen LogP contribution in [0, 0.1) is 0 Å². The number of thiocarbonyl (C=S) groups is 1. The topological polar surface area (TPSA) is 3.24 Å². The highest BCUT2D eigenvalue weighted by atomic mass is 32.2. The Hall–Kier alpha value is -0.540. The summed E-state index contributed by atoms with van der Waals surface area (Å²) in [6.45, 7) is 6.57. The van der Waals surface area contributed by atoms with E-state index >= 15 is 0 Å². The van der Waals surface area contributed by atoms with E-state index in [9.17, 15) is 0 Å². The molecule has 0 unspecified atom stereocenters. The summed E-state index contributed by atoms with van der Waals surface area (Å²) in [5.41, 5.74) is 1.19. The maximum Gasteiger partial charge on any atom is 0.141 e. The Bertz CT molecular complexity index is 335. The lowest BCUT2D eigenvalue weighted by atomic mass is 10.2. The zero-order chi connectivity index (χ0) is 12.7. The van der Waals surface area contributed by atoms with E-state index in [2.05, 4.69) is 49.9 Å². The lowest BCUT2D eigenvalue weighted by molar-refractivity contribution is 0.817. The van der Waals surface area contributed by atoms with Crippen molar-refractivity contribution in [3.8, 4) is 0 Å². The molecule has 3 heteroatoms. The Morgan fingerprint density at radius 1 is 1.29 bits per heavy atom.